The second kappa shape index (κ2) is 7.34. The van der Waals surface area contributed by atoms with Gasteiger partial charge in [-0.15, -0.1) is 0 Å². The summed E-state index contributed by atoms with van der Waals surface area (Å²) >= 11 is -2.57. The van der Waals surface area contributed by atoms with E-state index in [4.69, 9.17) is 0 Å². The summed E-state index contributed by atoms with van der Waals surface area (Å²) in [5.74, 6) is -0.216. The van der Waals surface area contributed by atoms with Gasteiger partial charge in [0.2, 0.25) is 5.88 Å². The smallest absolute Gasteiger partial charge is 0.248 e. The molecule has 0 N–H and O–H groups in total. The lowest BCUT2D eigenvalue weighted by atomic mass is 9.95. The third kappa shape index (κ3) is 4.14. The van der Waals surface area contributed by atoms with Crippen LogP contribution < -0.4 is 4.18 Å². The summed E-state index contributed by atoms with van der Waals surface area (Å²) in [7, 11) is 0. The molecule has 7 nitrogen and oxygen atoms in total. The summed E-state index contributed by atoms with van der Waals surface area (Å²) < 4.78 is 23.9. The van der Waals surface area contributed by atoms with Crippen LogP contribution in [0, 0.1) is 0 Å². The first-order valence-electron chi connectivity index (χ1n) is 5.97. The van der Waals surface area contributed by atoms with Crippen LogP contribution in [0.25, 0.3) is 0 Å². The molecule has 0 saturated carbocycles. The van der Waals surface area contributed by atoms with Crippen LogP contribution in [0.2, 0.25) is 0 Å². The van der Waals surface area contributed by atoms with E-state index >= 15 is 0 Å². The van der Waals surface area contributed by atoms with Crippen LogP contribution in [0.15, 0.2) is 55.0 Å². The maximum Gasteiger partial charge on any atom is 0.248 e. The fourth-order valence-electron chi connectivity index (χ4n) is 1.64. The average molecular weight is 317 g/mol. The van der Waals surface area contributed by atoms with Crippen LogP contribution in [-0.4, -0.2) is 30.3 Å². The molecular weight excluding hydrogens is 308 g/mol. The van der Waals surface area contributed by atoms with E-state index in [9.17, 15) is 18.4 Å². The lowest BCUT2D eigenvalue weighted by molar-refractivity contribution is 0.0994. The fourth-order valence-corrected chi connectivity index (χ4v) is 1.87. The van der Waals surface area contributed by atoms with Gasteiger partial charge in [-0.25, -0.2) is 9.19 Å². The van der Waals surface area contributed by atoms with Gasteiger partial charge in [-0.3, -0.25) is 14.6 Å². The number of fused-ring (bicyclic) bond motifs is 1. The Balaban J connectivity index is 0.000000164. The molecule has 1 aromatic carbocycles. The Morgan fingerprint density at radius 1 is 1.00 bits per heavy atom. The molecule has 0 radical (unpaired) electrons. The molecule has 1 atom stereocenters. The van der Waals surface area contributed by atoms with Crippen LogP contribution in [-0.2, 0) is 11.4 Å². The van der Waals surface area contributed by atoms with Gasteiger partial charge in [0.05, 0.1) is 6.20 Å². The Morgan fingerprint density at radius 2 is 1.59 bits per heavy atom. The minimum Gasteiger partial charge on any atom is -0.740 e. The lowest BCUT2D eigenvalue weighted by Crippen LogP contribution is -2.10. The van der Waals surface area contributed by atoms with Gasteiger partial charge in [-0.1, -0.05) is 24.3 Å². The zero-order chi connectivity index (χ0) is 15.9. The highest BCUT2D eigenvalue weighted by Gasteiger charge is 2.16. The van der Waals surface area contributed by atoms with Crippen molar-refractivity contribution in [2.24, 2.45) is 0 Å². The van der Waals surface area contributed by atoms with E-state index in [1.54, 1.807) is 24.3 Å². The number of aromatic nitrogens is 2. The maximum atomic E-state index is 11.2. The highest BCUT2D eigenvalue weighted by atomic mass is 32.2. The molecule has 0 fully saturated rings. The van der Waals surface area contributed by atoms with Crippen molar-refractivity contribution >= 4 is 22.9 Å². The molecule has 8 heteroatoms. The van der Waals surface area contributed by atoms with E-state index in [1.165, 1.54) is 30.7 Å². The first kappa shape index (κ1) is 15.7. The topological polar surface area (TPSA) is 109 Å². The van der Waals surface area contributed by atoms with Crippen molar-refractivity contribution < 1.29 is 22.5 Å². The number of carbonyl (C=O) groups excluding carboxylic acids is 2. The summed E-state index contributed by atoms with van der Waals surface area (Å²) in [5.41, 5.74) is 1.01. The number of allylic oxidation sites excluding steroid dienone is 2. The van der Waals surface area contributed by atoms with E-state index < -0.39 is 11.4 Å². The van der Waals surface area contributed by atoms with Crippen LogP contribution in [0.3, 0.4) is 0 Å². The van der Waals surface area contributed by atoms with Gasteiger partial charge in [0.15, 0.2) is 11.6 Å². The van der Waals surface area contributed by atoms with E-state index in [0.29, 0.717) is 11.1 Å². The monoisotopic (exact) mass is 317 g/mol. The molecule has 0 aliphatic heterocycles. The van der Waals surface area contributed by atoms with Crippen LogP contribution in [0.4, 0.5) is 0 Å². The SMILES string of the molecule is O=C1C=CC(=O)c2ccccc21.O=S([O-])Oc1cnccn1. The Bertz CT molecular complexity index is 709. The normalized spacial score (nSPS) is 13.7. The molecular formula is C14H9N2O5S-. The molecule has 1 aliphatic carbocycles. The minimum absolute atomic E-state index is 0.0316. The predicted octanol–water partition coefficient (Wildman–Crippen LogP) is 1.27. The van der Waals surface area contributed by atoms with E-state index in [-0.39, 0.29) is 17.4 Å². The van der Waals surface area contributed by atoms with E-state index in [2.05, 4.69) is 14.2 Å². The van der Waals surface area contributed by atoms with Gasteiger partial charge in [0.25, 0.3) is 0 Å². The van der Waals surface area contributed by atoms with Gasteiger partial charge < -0.3 is 8.74 Å². The molecule has 0 bridgehead atoms. The molecule has 1 aliphatic rings. The Labute approximate surface area is 128 Å². The number of hydrogen-bond donors (Lipinski definition) is 0. The van der Waals surface area contributed by atoms with Gasteiger partial charge in [-0.05, 0) is 12.2 Å². The average Bonchev–Trinajstić information content (AvgIpc) is 2.52. The molecule has 2 aromatic rings. The molecule has 112 valence electrons. The van der Waals surface area contributed by atoms with E-state index in [0.717, 1.165) is 0 Å². The highest BCUT2D eigenvalue weighted by Crippen LogP contribution is 2.15. The Morgan fingerprint density at radius 3 is 2.05 bits per heavy atom. The zero-order valence-electron chi connectivity index (χ0n) is 11.0. The third-order valence-electron chi connectivity index (χ3n) is 2.54. The Kier molecular flexibility index (Phi) is 5.23. The second-order valence-corrected chi connectivity index (χ2v) is 4.51. The second-order valence-electron chi connectivity index (χ2n) is 3.94. The van der Waals surface area contributed by atoms with Gasteiger partial charge >= 0.3 is 0 Å². The first-order chi connectivity index (χ1) is 10.6. The van der Waals surface area contributed by atoms with Crippen LogP contribution in [0.5, 0.6) is 5.88 Å². The predicted molar refractivity (Wildman–Crippen MR) is 75.8 cm³/mol. The van der Waals surface area contributed by atoms with E-state index in [1.807, 2.05) is 0 Å². The van der Waals surface area contributed by atoms with Crippen molar-refractivity contribution in [1.29, 1.82) is 0 Å². The van der Waals surface area contributed by atoms with Crippen molar-refractivity contribution in [3.8, 4) is 5.88 Å². The summed E-state index contributed by atoms with van der Waals surface area (Å²) in [6.45, 7) is 0. The number of carbonyl (C=O) groups is 2. The lowest BCUT2D eigenvalue weighted by Gasteiger charge is -2.06. The Hall–Kier alpha value is -2.71. The quantitative estimate of drug-likeness (QED) is 0.767. The molecule has 22 heavy (non-hydrogen) atoms. The molecule has 0 amide bonds. The first-order valence-corrected chi connectivity index (χ1v) is 6.97. The summed E-state index contributed by atoms with van der Waals surface area (Å²) in [6.07, 6.45) is 6.58. The van der Waals surface area contributed by atoms with Crippen molar-refractivity contribution in [3.63, 3.8) is 0 Å². The maximum absolute atomic E-state index is 11.2. The van der Waals surface area contributed by atoms with Crippen LogP contribution >= 0.6 is 0 Å². The third-order valence-corrected chi connectivity index (χ3v) is 2.84. The molecule has 0 spiro atoms. The summed E-state index contributed by atoms with van der Waals surface area (Å²) in [6, 6.07) is 6.84. The number of benzene rings is 1. The van der Waals surface area contributed by atoms with Gasteiger partial charge in [0.1, 0.15) is 11.4 Å². The summed E-state index contributed by atoms with van der Waals surface area (Å²) in [5, 5.41) is 0. The number of nitrogens with zero attached hydrogens (tertiary/aromatic N) is 2. The zero-order valence-corrected chi connectivity index (χ0v) is 11.9. The minimum atomic E-state index is -2.57. The molecule has 1 unspecified atom stereocenters. The summed E-state index contributed by atoms with van der Waals surface area (Å²) in [4.78, 5) is 29.5. The standard InChI is InChI=1S/C10H6O2.C4H4N2O3S/c11-9-5-6-10(12)8-4-2-1-3-7(8)9;7-10(8)9-4-3-5-1-2-6-4/h1-6H;1-3H,(H,7,8)/p-1. The van der Waals surface area contributed by atoms with Crippen molar-refractivity contribution in [1.82, 2.24) is 9.97 Å². The highest BCUT2D eigenvalue weighted by molar-refractivity contribution is 7.74. The molecule has 1 aromatic heterocycles. The molecule has 3 rings (SSSR count). The van der Waals surface area contributed by atoms with Gasteiger partial charge in [0, 0.05) is 23.5 Å². The fraction of sp³-hybridized carbons (Fsp3) is 0. The number of hydrogen-bond acceptors (Lipinski definition) is 7. The van der Waals surface area contributed by atoms with Crippen molar-refractivity contribution in [2.75, 3.05) is 0 Å². The van der Waals surface area contributed by atoms with Gasteiger partial charge in [-0.2, -0.15) is 0 Å². The molecule has 1 heterocycles. The largest absolute Gasteiger partial charge is 0.740 e. The van der Waals surface area contributed by atoms with Crippen molar-refractivity contribution in [2.45, 2.75) is 0 Å². The van der Waals surface area contributed by atoms with Crippen LogP contribution in [0.1, 0.15) is 20.7 Å². The van der Waals surface area contributed by atoms with Crippen molar-refractivity contribution in [3.05, 3.63) is 66.1 Å². The number of rotatable bonds is 2. The molecule has 0 saturated heterocycles. The number of ketones is 2.